The smallest absolute Gasteiger partial charge is 0.330 e. The van der Waals surface area contributed by atoms with Gasteiger partial charge in [0.25, 0.3) is 0 Å². The van der Waals surface area contributed by atoms with Crippen LogP contribution in [0.2, 0.25) is 0 Å². The quantitative estimate of drug-likeness (QED) is 0.352. The zero-order chi connectivity index (χ0) is 20.8. The van der Waals surface area contributed by atoms with E-state index in [1.807, 2.05) is 0 Å². The lowest BCUT2D eigenvalue weighted by Crippen LogP contribution is -2.61. The Labute approximate surface area is 168 Å². The maximum Gasteiger partial charge on any atom is 0.330 e. The van der Waals surface area contributed by atoms with Crippen LogP contribution in [0, 0.1) is 11.3 Å². The highest BCUT2D eigenvalue weighted by Gasteiger charge is 2.55. The van der Waals surface area contributed by atoms with E-state index < -0.39 is 29.1 Å². The Morgan fingerprint density at radius 3 is 2.43 bits per heavy atom. The Kier molecular flexibility index (Phi) is 10.1. The molecule has 0 aliphatic carbocycles. The van der Waals surface area contributed by atoms with Gasteiger partial charge < -0.3 is 24.5 Å². The Morgan fingerprint density at radius 2 is 1.96 bits per heavy atom. The molecule has 2 N–H and O–H groups in total. The summed E-state index contributed by atoms with van der Waals surface area (Å²) in [6.45, 7) is 11.2. The Morgan fingerprint density at radius 1 is 1.36 bits per heavy atom. The molecule has 2 unspecified atom stereocenters. The normalized spacial score (nSPS) is 27.5. The average molecular weight is 401 g/mol. The molecule has 1 heterocycles. The zero-order valence-corrected chi connectivity index (χ0v) is 18.2. The minimum atomic E-state index is -1.10. The van der Waals surface area contributed by atoms with Crippen LogP contribution in [-0.2, 0) is 28.6 Å². The summed E-state index contributed by atoms with van der Waals surface area (Å²) >= 11 is 0. The van der Waals surface area contributed by atoms with Crippen LogP contribution >= 0.6 is 0 Å². The lowest BCUT2D eigenvalue weighted by Gasteiger charge is -2.51. The predicted molar refractivity (Wildman–Crippen MR) is 106 cm³/mol. The SMILES string of the molecule is CCC(=O)O[C@H]1/C(=C/C(=O)OC)CC(CC(C)CC)O[C@@]1(C)C(C)(C)C=O.O. The molecule has 28 heavy (non-hydrogen) atoms. The number of aldehydes is 1. The maximum atomic E-state index is 12.1. The fourth-order valence-electron chi connectivity index (χ4n) is 3.27. The number of hydrogen-bond acceptors (Lipinski definition) is 6. The predicted octanol–water partition coefficient (Wildman–Crippen LogP) is 2.79. The molecule has 0 spiro atoms. The second-order valence-electron chi connectivity index (χ2n) is 8.11. The highest BCUT2D eigenvalue weighted by atomic mass is 16.6. The van der Waals surface area contributed by atoms with Crippen molar-refractivity contribution in [2.24, 2.45) is 11.3 Å². The standard InChI is InChI=1S/C21H34O6.H2O/c1-8-14(3)10-16-11-15(12-18(24)25-7)19(26-17(23)9-2)21(6,27-16)20(4,5)13-22;/h12-14,16,19H,8-11H2,1-7H3;1H2/b15-12+;/t14?,16?,19-,21+;/m0./s1. The number of rotatable bonds is 8. The molecule has 1 rings (SSSR count). The molecule has 0 radical (unpaired) electrons. The summed E-state index contributed by atoms with van der Waals surface area (Å²) in [4.78, 5) is 35.9. The molecular formula is C21H36O7. The largest absolute Gasteiger partial charge is 0.466 e. The van der Waals surface area contributed by atoms with E-state index in [1.54, 1.807) is 27.7 Å². The van der Waals surface area contributed by atoms with Gasteiger partial charge in [-0.3, -0.25) is 4.79 Å². The van der Waals surface area contributed by atoms with Crippen molar-refractivity contribution in [3.05, 3.63) is 11.6 Å². The van der Waals surface area contributed by atoms with Crippen molar-refractivity contribution >= 4 is 18.2 Å². The number of ether oxygens (including phenoxy) is 3. The molecule has 0 bridgehead atoms. The molecular weight excluding hydrogens is 364 g/mol. The minimum Gasteiger partial charge on any atom is -0.466 e. The van der Waals surface area contributed by atoms with E-state index in [4.69, 9.17) is 14.2 Å². The molecule has 1 aliphatic heterocycles. The summed E-state index contributed by atoms with van der Waals surface area (Å²) in [5.41, 5.74) is -1.41. The topological polar surface area (TPSA) is 110 Å². The molecule has 4 atom stereocenters. The van der Waals surface area contributed by atoms with Crippen LogP contribution in [0.1, 0.15) is 67.2 Å². The van der Waals surface area contributed by atoms with Crippen LogP contribution < -0.4 is 0 Å². The van der Waals surface area contributed by atoms with Crippen molar-refractivity contribution in [2.45, 2.75) is 85.0 Å². The molecule has 1 aliphatic rings. The fourth-order valence-corrected chi connectivity index (χ4v) is 3.27. The third-order valence-electron chi connectivity index (χ3n) is 5.69. The Bertz CT molecular complexity index is 581. The first-order valence-electron chi connectivity index (χ1n) is 9.66. The van der Waals surface area contributed by atoms with Crippen molar-refractivity contribution < 1.29 is 34.1 Å². The van der Waals surface area contributed by atoms with Crippen molar-refractivity contribution in [3.63, 3.8) is 0 Å². The van der Waals surface area contributed by atoms with Gasteiger partial charge in [-0.25, -0.2) is 4.79 Å². The van der Waals surface area contributed by atoms with Gasteiger partial charge in [0.15, 0.2) is 6.10 Å². The van der Waals surface area contributed by atoms with Crippen molar-refractivity contribution in [3.8, 4) is 0 Å². The summed E-state index contributed by atoms with van der Waals surface area (Å²) in [5.74, 6) is -0.502. The van der Waals surface area contributed by atoms with Crippen molar-refractivity contribution in [1.29, 1.82) is 0 Å². The van der Waals surface area contributed by atoms with Gasteiger partial charge in [-0.1, -0.05) is 41.0 Å². The summed E-state index contributed by atoms with van der Waals surface area (Å²) in [7, 11) is 1.30. The van der Waals surface area contributed by atoms with Crippen molar-refractivity contribution in [1.82, 2.24) is 0 Å². The van der Waals surface area contributed by atoms with Crippen LogP contribution in [0.4, 0.5) is 0 Å². The highest BCUT2D eigenvalue weighted by molar-refractivity contribution is 5.83. The number of carbonyl (C=O) groups excluding carboxylic acids is 3. The molecule has 0 aromatic carbocycles. The molecule has 1 fully saturated rings. The summed E-state index contributed by atoms with van der Waals surface area (Å²) in [6.07, 6.45) is 3.60. The van der Waals surface area contributed by atoms with Gasteiger partial charge in [-0.15, -0.1) is 0 Å². The molecule has 0 saturated carbocycles. The van der Waals surface area contributed by atoms with Crippen LogP contribution in [-0.4, -0.2) is 48.6 Å². The fraction of sp³-hybridized carbons (Fsp3) is 0.762. The van der Waals surface area contributed by atoms with Crippen LogP contribution in [0.5, 0.6) is 0 Å². The second-order valence-corrected chi connectivity index (χ2v) is 8.11. The van der Waals surface area contributed by atoms with Crippen LogP contribution in [0.15, 0.2) is 11.6 Å². The van der Waals surface area contributed by atoms with Gasteiger partial charge in [0.1, 0.15) is 11.9 Å². The Hall–Kier alpha value is -1.73. The summed E-state index contributed by atoms with van der Waals surface area (Å²) < 4.78 is 16.9. The third-order valence-corrected chi connectivity index (χ3v) is 5.69. The maximum absolute atomic E-state index is 12.1. The van der Waals surface area contributed by atoms with Gasteiger partial charge in [-0.05, 0) is 31.3 Å². The van der Waals surface area contributed by atoms with Gasteiger partial charge in [0.05, 0.1) is 18.6 Å². The monoisotopic (exact) mass is 400 g/mol. The molecule has 0 amide bonds. The van der Waals surface area contributed by atoms with Gasteiger partial charge >= 0.3 is 11.9 Å². The first kappa shape index (κ1) is 26.3. The van der Waals surface area contributed by atoms with E-state index in [2.05, 4.69) is 13.8 Å². The molecule has 1 saturated heterocycles. The number of carbonyl (C=O) groups is 3. The molecule has 7 heteroatoms. The number of hydrogen-bond donors (Lipinski definition) is 0. The lowest BCUT2D eigenvalue weighted by molar-refractivity contribution is -0.220. The third kappa shape index (κ3) is 5.88. The van der Waals surface area contributed by atoms with E-state index in [0.717, 1.165) is 19.1 Å². The molecule has 162 valence electrons. The van der Waals surface area contributed by atoms with Gasteiger partial charge in [0, 0.05) is 12.5 Å². The van der Waals surface area contributed by atoms with Crippen LogP contribution in [0.25, 0.3) is 0 Å². The van der Waals surface area contributed by atoms with E-state index in [1.165, 1.54) is 13.2 Å². The summed E-state index contributed by atoms with van der Waals surface area (Å²) in [5, 5.41) is 0. The minimum absolute atomic E-state index is 0. The van der Waals surface area contributed by atoms with E-state index in [9.17, 15) is 14.4 Å². The highest BCUT2D eigenvalue weighted by Crippen LogP contribution is 2.46. The van der Waals surface area contributed by atoms with Gasteiger partial charge in [-0.2, -0.15) is 0 Å². The first-order chi connectivity index (χ1) is 12.5. The molecule has 7 nitrogen and oxygen atoms in total. The van der Waals surface area contributed by atoms with E-state index >= 15 is 0 Å². The molecule has 0 aromatic heterocycles. The van der Waals surface area contributed by atoms with Crippen molar-refractivity contribution in [2.75, 3.05) is 7.11 Å². The van der Waals surface area contributed by atoms with E-state index in [0.29, 0.717) is 17.9 Å². The number of esters is 2. The van der Waals surface area contributed by atoms with E-state index in [-0.39, 0.29) is 18.0 Å². The first-order valence-corrected chi connectivity index (χ1v) is 9.66. The second kappa shape index (κ2) is 10.7. The van der Waals surface area contributed by atoms with Crippen LogP contribution in [0.3, 0.4) is 0 Å². The lowest BCUT2D eigenvalue weighted by atomic mass is 9.68. The summed E-state index contributed by atoms with van der Waals surface area (Å²) in [6, 6.07) is 0. The average Bonchev–Trinajstić information content (AvgIpc) is 2.63. The Balaban J connectivity index is 0.00000729. The zero-order valence-electron chi connectivity index (χ0n) is 18.2. The molecule has 0 aromatic rings. The number of methoxy groups -OCH3 is 1. The van der Waals surface area contributed by atoms with Gasteiger partial charge in [0.2, 0.25) is 0 Å².